The first-order valence-corrected chi connectivity index (χ1v) is 9.50. The van der Waals surface area contributed by atoms with Crippen LogP contribution >= 0.6 is 0 Å². The lowest BCUT2D eigenvalue weighted by Gasteiger charge is -2.29. The molecule has 4 unspecified atom stereocenters. The first-order chi connectivity index (χ1) is 11.7. The number of ether oxygens (including phenoxy) is 1. The molecule has 1 aliphatic heterocycles. The van der Waals surface area contributed by atoms with Gasteiger partial charge in [0.15, 0.2) is 0 Å². The minimum absolute atomic E-state index is 0.00420. The van der Waals surface area contributed by atoms with Gasteiger partial charge in [-0.15, -0.1) is 0 Å². The monoisotopic (exact) mass is 352 g/mol. The third-order valence-corrected chi connectivity index (χ3v) is 5.50. The zero-order chi connectivity index (χ0) is 19.0. The van der Waals surface area contributed by atoms with Crippen molar-refractivity contribution in [3.05, 3.63) is 23.8 Å². The van der Waals surface area contributed by atoms with Gasteiger partial charge in [-0.1, -0.05) is 45.9 Å². The Balaban J connectivity index is 2.61. The van der Waals surface area contributed by atoms with E-state index in [0.717, 1.165) is 12.0 Å². The van der Waals surface area contributed by atoms with E-state index in [1.54, 1.807) is 6.08 Å². The van der Waals surface area contributed by atoms with Crippen LogP contribution in [0.4, 0.5) is 0 Å². The molecule has 0 spiro atoms. The summed E-state index contributed by atoms with van der Waals surface area (Å²) in [5.74, 6) is 1.20. The normalized spacial score (nSPS) is 29.1. The first-order valence-electron chi connectivity index (χ1n) is 9.50. The third kappa shape index (κ3) is 7.04. The number of Topliss-reactive ketones (excluding diaryl/α,β-unsaturated/α-hetero) is 1. The summed E-state index contributed by atoms with van der Waals surface area (Å²) in [5, 5.41) is 19.4. The molecule has 0 saturated carbocycles. The van der Waals surface area contributed by atoms with Crippen molar-refractivity contribution < 1.29 is 19.7 Å². The Kier molecular flexibility index (Phi) is 9.04. The van der Waals surface area contributed by atoms with Crippen molar-refractivity contribution in [2.24, 2.45) is 17.8 Å². The fourth-order valence-corrected chi connectivity index (χ4v) is 2.87. The summed E-state index contributed by atoms with van der Waals surface area (Å²) in [6.07, 6.45) is 7.63. The third-order valence-electron chi connectivity index (χ3n) is 5.50. The Labute approximate surface area is 153 Å². The van der Waals surface area contributed by atoms with Gasteiger partial charge in [0.1, 0.15) is 11.4 Å². The van der Waals surface area contributed by atoms with Crippen molar-refractivity contribution in [1.82, 2.24) is 0 Å². The van der Waals surface area contributed by atoms with Crippen LogP contribution in [0.25, 0.3) is 0 Å². The summed E-state index contributed by atoms with van der Waals surface area (Å²) < 4.78 is 5.91. The number of rotatable bonds is 8. The quantitative estimate of drug-likeness (QED) is 0.654. The van der Waals surface area contributed by atoms with Crippen molar-refractivity contribution in [2.45, 2.75) is 72.0 Å². The van der Waals surface area contributed by atoms with Crippen LogP contribution in [0.2, 0.25) is 0 Å². The second-order valence-corrected chi connectivity index (χ2v) is 8.00. The number of carbonyl (C=O) groups is 1. The average Bonchev–Trinajstić information content (AvgIpc) is 2.69. The van der Waals surface area contributed by atoms with Crippen molar-refractivity contribution in [1.29, 1.82) is 0 Å². The molecule has 1 rings (SSSR count). The summed E-state index contributed by atoms with van der Waals surface area (Å²) in [4.78, 5) is 12.3. The van der Waals surface area contributed by atoms with Gasteiger partial charge in [-0.3, -0.25) is 4.79 Å². The zero-order valence-electron chi connectivity index (χ0n) is 16.5. The topological polar surface area (TPSA) is 66.8 Å². The van der Waals surface area contributed by atoms with Gasteiger partial charge in [0.2, 0.25) is 0 Å². The predicted octanol–water partition coefficient (Wildman–Crippen LogP) is 3.67. The van der Waals surface area contributed by atoms with Crippen LogP contribution in [0.15, 0.2) is 23.8 Å². The molecule has 0 radical (unpaired) electrons. The molecule has 1 saturated heterocycles. The molecule has 2 N–H and O–H groups in total. The van der Waals surface area contributed by atoms with Crippen LogP contribution in [0, 0.1) is 17.8 Å². The molecule has 4 nitrogen and oxygen atoms in total. The summed E-state index contributed by atoms with van der Waals surface area (Å²) >= 11 is 0. The molecule has 0 aromatic heterocycles. The van der Waals surface area contributed by atoms with E-state index in [1.807, 2.05) is 26.0 Å². The van der Waals surface area contributed by atoms with Crippen LogP contribution in [0.3, 0.4) is 0 Å². The minimum atomic E-state index is -0.751. The van der Waals surface area contributed by atoms with E-state index in [-0.39, 0.29) is 12.5 Å². The number of aliphatic hydroxyl groups is 2. The maximum Gasteiger partial charge on any atom is 0.136 e. The minimum Gasteiger partial charge on any atom is -0.392 e. The SMILES string of the molecule is CC(CC=CC1(C)OCC(=CCO)CCC1O)C(=O)CC(C)C(C)C. The lowest BCUT2D eigenvalue weighted by molar-refractivity contribution is -0.123. The van der Waals surface area contributed by atoms with E-state index in [4.69, 9.17) is 9.84 Å². The second-order valence-electron chi connectivity index (χ2n) is 8.00. The molecule has 1 fully saturated rings. The lowest BCUT2D eigenvalue weighted by Crippen LogP contribution is -2.39. The Bertz CT molecular complexity index is 480. The lowest BCUT2D eigenvalue weighted by atomic mass is 9.87. The predicted molar refractivity (Wildman–Crippen MR) is 101 cm³/mol. The van der Waals surface area contributed by atoms with E-state index in [0.29, 0.717) is 43.5 Å². The Morgan fingerprint density at radius 2 is 2.04 bits per heavy atom. The van der Waals surface area contributed by atoms with E-state index >= 15 is 0 Å². The Morgan fingerprint density at radius 3 is 2.64 bits per heavy atom. The van der Waals surface area contributed by atoms with Gasteiger partial charge in [0.05, 0.1) is 19.3 Å². The smallest absolute Gasteiger partial charge is 0.136 e. The van der Waals surface area contributed by atoms with Crippen LogP contribution < -0.4 is 0 Å². The average molecular weight is 353 g/mol. The zero-order valence-corrected chi connectivity index (χ0v) is 16.5. The molecule has 1 heterocycles. The summed E-state index contributed by atoms with van der Waals surface area (Å²) in [5.41, 5.74) is 0.267. The molecule has 4 atom stereocenters. The number of hydrogen-bond acceptors (Lipinski definition) is 4. The van der Waals surface area contributed by atoms with Gasteiger partial charge in [-0.2, -0.15) is 0 Å². The maximum absolute atomic E-state index is 12.3. The highest BCUT2D eigenvalue weighted by atomic mass is 16.5. The van der Waals surface area contributed by atoms with Gasteiger partial charge < -0.3 is 14.9 Å². The molecule has 1 aliphatic rings. The molecule has 144 valence electrons. The molecule has 0 aromatic carbocycles. The first kappa shape index (κ1) is 22.1. The van der Waals surface area contributed by atoms with E-state index in [1.165, 1.54) is 0 Å². The molecule has 25 heavy (non-hydrogen) atoms. The molecular weight excluding hydrogens is 316 g/mol. The van der Waals surface area contributed by atoms with Crippen molar-refractivity contribution in [3.63, 3.8) is 0 Å². The largest absolute Gasteiger partial charge is 0.392 e. The van der Waals surface area contributed by atoms with Crippen molar-refractivity contribution in [2.75, 3.05) is 13.2 Å². The number of aliphatic hydroxyl groups excluding tert-OH is 2. The molecule has 0 amide bonds. The Morgan fingerprint density at radius 1 is 1.36 bits per heavy atom. The highest BCUT2D eigenvalue weighted by molar-refractivity contribution is 5.81. The van der Waals surface area contributed by atoms with Gasteiger partial charge in [-0.05, 0) is 43.6 Å². The van der Waals surface area contributed by atoms with Crippen LogP contribution in [-0.2, 0) is 9.53 Å². The van der Waals surface area contributed by atoms with Crippen molar-refractivity contribution >= 4 is 5.78 Å². The van der Waals surface area contributed by atoms with Gasteiger partial charge in [0.25, 0.3) is 0 Å². The summed E-state index contributed by atoms with van der Waals surface area (Å²) in [6.45, 7) is 10.7. The summed E-state index contributed by atoms with van der Waals surface area (Å²) in [7, 11) is 0. The van der Waals surface area contributed by atoms with E-state index in [2.05, 4.69) is 20.8 Å². The standard InChI is InChI=1S/C21H36O4/c1-15(2)17(4)13-19(23)16(3)7-6-11-21(5)20(24)9-8-18(10-12-22)14-25-21/h6,10-11,15-17,20,22,24H,7-9,12-14H2,1-5H3. The van der Waals surface area contributed by atoms with E-state index in [9.17, 15) is 9.90 Å². The highest BCUT2D eigenvalue weighted by Gasteiger charge is 2.33. The highest BCUT2D eigenvalue weighted by Crippen LogP contribution is 2.28. The Hall–Kier alpha value is -0.970. The maximum atomic E-state index is 12.3. The van der Waals surface area contributed by atoms with Gasteiger partial charge >= 0.3 is 0 Å². The number of allylic oxidation sites excluding steroid dienone is 1. The van der Waals surface area contributed by atoms with E-state index < -0.39 is 11.7 Å². The van der Waals surface area contributed by atoms with Gasteiger partial charge in [0, 0.05) is 12.3 Å². The molecule has 0 bridgehead atoms. The molecule has 0 aromatic rings. The summed E-state index contributed by atoms with van der Waals surface area (Å²) in [6, 6.07) is 0. The van der Waals surface area contributed by atoms with Crippen molar-refractivity contribution in [3.8, 4) is 0 Å². The number of carbonyl (C=O) groups excluding carboxylic acids is 1. The van der Waals surface area contributed by atoms with Crippen LogP contribution in [0.5, 0.6) is 0 Å². The molecule has 0 aliphatic carbocycles. The fraction of sp³-hybridized carbons (Fsp3) is 0.762. The second kappa shape index (κ2) is 10.2. The van der Waals surface area contributed by atoms with Crippen LogP contribution in [-0.4, -0.2) is 40.9 Å². The molecular formula is C21H36O4. The molecule has 4 heteroatoms. The van der Waals surface area contributed by atoms with Gasteiger partial charge in [-0.25, -0.2) is 0 Å². The fourth-order valence-electron chi connectivity index (χ4n) is 2.87. The number of hydrogen-bond donors (Lipinski definition) is 2. The van der Waals surface area contributed by atoms with Crippen LogP contribution in [0.1, 0.15) is 60.3 Å². The number of ketones is 1.